The van der Waals surface area contributed by atoms with Crippen molar-refractivity contribution < 1.29 is 12.0 Å². The third-order valence-corrected chi connectivity index (χ3v) is 7.42. The van der Waals surface area contributed by atoms with E-state index in [1.54, 1.807) is 0 Å². The summed E-state index contributed by atoms with van der Waals surface area (Å²) < 4.78 is 0. The Morgan fingerprint density at radius 3 is 1.60 bits per heavy atom. The van der Waals surface area contributed by atoms with Crippen molar-refractivity contribution in [1.82, 2.24) is 0 Å². The van der Waals surface area contributed by atoms with Gasteiger partial charge < -0.3 is 10.6 Å². The minimum absolute atomic E-state index is 0. The SMILES string of the molecule is CCCC1CCC(C2CC(C(C)(C)C)C(O)C(C(C)(C)C)C2)CC1.O.[HH]. The Bertz CT molecular complexity index is 364. The zero-order valence-electron chi connectivity index (χ0n) is 18.1. The topological polar surface area (TPSA) is 51.7 Å². The molecule has 25 heavy (non-hydrogen) atoms. The Hall–Kier alpha value is -0.0800. The predicted molar refractivity (Wildman–Crippen MR) is 111 cm³/mol. The summed E-state index contributed by atoms with van der Waals surface area (Å²) in [5.41, 5.74) is 0.419. The van der Waals surface area contributed by atoms with Gasteiger partial charge in [-0.05, 0) is 66.1 Å². The van der Waals surface area contributed by atoms with Gasteiger partial charge in [0.15, 0.2) is 0 Å². The lowest BCUT2D eigenvalue weighted by atomic mass is 9.55. The molecule has 0 aliphatic heterocycles. The molecule has 0 amide bonds. The molecule has 0 bridgehead atoms. The van der Waals surface area contributed by atoms with Crippen molar-refractivity contribution in [1.29, 1.82) is 0 Å². The largest absolute Gasteiger partial charge is 0.412 e. The summed E-state index contributed by atoms with van der Waals surface area (Å²) in [4.78, 5) is 0. The van der Waals surface area contributed by atoms with Crippen molar-refractivity contribution in [2.45, 2.75) is 106 Å². The monoisotopic (exact) mass is 356 g/mol. The van der Waals surface area contributed by atoms with E-state index in [0.717, 1.165) is 17.8 Å². The predicted octanol–water partition coefficient (Wildman–Crippen LogP) is 6.11. The maximum atomic E-state index is 11.1. The van der Waals surface area contributed by atoms with Crippen molar-refractivity contribution in [3.8, 4) is 0 Å². The van der Waals surface area contributed by atoms with Crippen LogP contribution in [0.1, 0.15) is 101 Å². The second kappa shape index (κ2) is 8.74. The summed E-state index contributed by atoms with van der Waals surface area (Å²) in [6, 6.07) is 0. The summed E-state index contributed by atoms with van der Waals surface area (Å²) in [5.74, 6) is 3.66. The normalized spacial score (nSPS) is 37.4. The summed E-state index contributed by atoms with van der Waals surface area (Å²) >= 11 is 0. The van der Waals surface area contributed by atoms with E-state index in [1.807, 2.05) is 0 Å². The van der Waals surface area contributed by atoms with Crippen LogP contribution in [0.2, 0.25) is 0 Å². The number of rotatable bonds is 3. The van der Waals surface area contributed by atoms with E-state index in [9.17, 15) is 5.11 Å². The van der Waals surface area contributed by atoms with E-state index in [4.69, 9.17) is 0 Å². The standard InChI is InChI=1S/C23H44O.H2O.H2/c1-8-9-16-10-12-17(13-11-16)18-14-19(22(2,3)4)21(24)20(15-18)23(5,6)7;;/h16-21,24H,8-15H2,1-7H3;1H2;1H. The maximum absolute atomic E-state index is 11.1. The van der Waals surface area contributed by atoms with Gasteiger partial charge in [-0.1, -0.05) is 74.1 Å². The van der Waals surface area contributed by atoms with Crippen LogP contribution in [0, 0.1) is 40.4 Å². The highest BCUT2D eigenvalue weighted by Crippen LogP contribution is 2.52. The average molecular weight is 357 g/mol. The third-order valence-electron chi connectivity index (χ3n) is 7.42. The van der Waals surface area contributed by atoms with Gasteiger partial charge in [0.1, 0.15) is 0 Å². The molecule has 2 aliphatic carbocycles. The van der Waals surface area contributed by atoms with E-state index >= 15 is 0 Å². The van der Waals surface area contributed by atoms with Gasteiger partial charge in [-0.3, -0.25) is 0 Å². The van der Waals surface area contributed by atoms with Gasteiger partial charge in [0.25, 0.3) is 0 Å². The minimum Gasteiger partial charge on any atom is -0.412 e. The Morgan fingerprint density at radius 2 is 1.24 bits per heavy atom. The number of aliphatic hydroxyl groups is 1. The van der Waals surface area contributed by atoms with E-state index in [2.05, 4.69) is 48.5 Å². The molecule has 2 aliphatic rings. The fourth-order valence-corrected chi connectivity index (χ4v) is 5.78. The molecule has 2 saturated carbocycles. The van der Waals surface area contributed by atoms with Gasteiger partial charge in [0.05, 0.1) is 6.10 Å². The van der Waals surface area contributed by atoms with Gasteiger partial charge in [-0.15, -0.1) is 0 Å². The van der Waals surface area contributed by atoms with Crippen LogP contribution in [0.25, 0.3) is 0 Å². The van der Waals surface area contributed by atoms with E-state index in [0.29, 0.717) is 11.8 Å². The summed E-state index contributed by atoms with van der Waals surface area (Å²) in [6.45, 7) is 16.3. The molecule has 0 aromatic carbocycles. The molecule has 0 saturated heterocycles. The van der Waals surface area contributed by atoms with Gasteiger partial charge >= 0.3 is 0 Å². The molecule has 152 valence electrons. The Morgan fingerprint density at radius 1 is 0.800 bits per heavy atom. The molecule has 0 spiro atoms. The fourth-order valence-electron chi connectivity index (χ4n) is 5.78. The van der Waals surface area contributed by atoms with Crippen LogP contribution >= 0.6 is 0 Å². The van der Waals surface area contributed by atoms with Crippen molar-refractivity contribution in [2.24, 2.45) is 40.4 Å². The Labute approximate surface area is 159 Å². The first-order valence-electron chi connectivity index (χ1n) is 10.7. The first-order chi connectivity index (χ1) is 11.0. The number of hydrogen-bond acceptors (Lipinski definition) is 1. The zero-order chi connectivity index (χ0) is 18.1. The van der Waals surface area contributed by atoms with Gasteiger partial charge in [0, 0.05) is 1.43 Å². The smallest absolute Gasteiger partial charge is 0.0606 e. The van der Waals surface area contributed by atoms with E-state index in [-0.39, 0.29) is 23.8 Å². The molecular formula is C23H48O2. The summed E-state index contributed by atoms with van der Waals surface area (Å²) in [6.07, 6.45) is 11.0. The number of aliphatic hydroxyl groups excluding tert-OH is 1. The van der Waals surface area contributed by atoms with Gasteiger partial charge in [0.2, 0.25) is 0 Å². The first-order valence-corrected chi connectivity index (χ1v) is 10.7. The zero-order valence-corrected chi connectivity index (χ0v) is 18.1. The Kier molecular flexibility index (Phi) is 8.03. The second-order valence-electron chi connectivity index (χ2n) is 11.2. The quantitative estimate of drug-likeness (QED) is 0.651. The molecule has 2 heteroatoms. The van der Waals surface area contributed by atoms with Crippen LogP contribution < -0.4 is 0 Å². The first kappa shape index (κ1) is 23.0. The van der Waals surface area contributed by atoms with E-state index < -0.39 is 0 Å². The van der Waals surface area contributed by atoms with Crippen molar-refractivity contribution in [2.75, 3.05) is 0 Å². The van der Waals surface area contributed by atoms with Crippen molar-refractivity contribution in [3.05, 3.63) is 0 Å². The van der Waals surface area contributed by atoms with Crippen molar-refractivity contribution >= 4 is 0 Å². The third kappa shape index (κ3) is 5.70. The average Bonchev–Trinajstić information content (AvgIpc) is 2.46. The van der Waals surface area contributed by atoms with Crippen molar-refractivity contribution in [3.63, 3.8) is 0 Å². The van der Waals surface area contributed by atoms with Crippen LogP contribution in [-0.2, 0) is 0 Å². The van der Waals surface area contributed by atoms with Gasteiger partial charge in [-0.25, -0.2) is 0 Å². The maximum Gasteiger partial charge on any atom is 0.0606 e. The molecule has 0 aromatic heterocycles. The lowest BCUT2D eigenvalue weighted by molar-refractivity contribution is -0.0948. The molecule has 0 heterocycles. The highest BCUT2D eigenvalue weighted by atomic mass is 16.3. The lowest BCUT2D eigenvalue weighted by Crippen LogP contribution is -2.49. The Balaban J connectivity index is 0.00000312. The van der Waals surface area contributed by atoms with Gasteiger partial charge in [-0.2, -0.15) is 0 Å². The molecule has 2 fully saturated rings. The molecule has 0 radical (unpaired) electrons. The molecule has 0 aromatic rings. The number of hydrogen-bond donors (Lipinski definition) is 1. The second-order valence-corrected chi connectivity index (χ2v) is 11.2. The van der Waals surface area contributed by atoms with Crippen LogP contribution in [0.4, 0.5) is 0 Å². The summed E-state index contributed by atoms with van der Waals surface area (Å²) in [7, 11) is 0. The molecule has 2 nitrogen and oxygen atoms in total. The lowest BCUT2D eigenvalue weighted by Gasteiger charge is -2.51. The molecule has 2 rings (SSSR count). The van der Waals surface area contributed by atoms with Crippen LogP contribution in [0.15, 0.2) is 0 Å². The molecule has 2 atom stereocenters. The van der Waals surface area contributed by atoms with Crippen LogP contribution in [-0.4, -0.2) is 16.7 Å². The summed E-state index contributed by atoms with van der Waals surface area (Å²) in [5, 5.41) is 11.1. The molecule has 2 unspecified atom stereocenters. The fraction of sp³-hybridized carbons (Fsp3) is 1.00. The highest BCUT2D eigenvalue weighted by molar-refractivity contribution is 4.97. The van der Waals surface area contributed by atoms with Crippen LogP contribution in [0.5, 0.6) is 0 Å². The minimum atomic E-state index is -0.127. The molecule has 3 N–H and O–H groups in total. The molecular weight excluding hydrogens is 308 g/mol. The van der Waals surface area contributed by atoms with E-state index in [1.165, 1.54) is 51.4 Å². The highest BCUT2D eigenvalue weighted by Gasteiger charge is 2.47. The van der Waals surface area contributed by atoms with Crippen LogP contribution in [0.3, 0.4) is 0 Å².